The van der Waals surface area contributed by atoms with Crippen LogP contribution in [-0.2, 0) is 9.59 Å². The molecule has 1 atom stereocenters. The van der Waals surface area contributed by atoms with Gasteiger partial charge >= 0.3 is 5.97 Å². The van der Waals surface area contributed by atoms with E-state index in [2.05, 4.69) is 19.2 Å². The second-order valence-electron chi connectivity index (χ2n) is 4.84. The van der Waals surface area contributed by atoms with E-state index in [4.69, 9.17) is 5.11 Å². The van der Waals surface area contributed by atoms with Gasteiger partial charge in [-0.3, -0.25) is 9.59 Å². The van der Waals surface area contributed by atoms with Crippen molar-refractivity contribution in [3.05, 3.63) is 0 Å². The highest BCUT2D eigenvalue weighted by atomic mass is 16.4. The van der Waals surface area contributed by atoms with E-state index in [-0.39, 0.29) is 18.4 Å². The minimum absolute atomic E-state index is 0.00379. The van der Waals surface area contributed by atoms with E-state index in [0.717, 1.165) is 13.0 Å². The van der Waals surface area contributed by atoms with Gasteiger partial charge in [0.25, 0.3) is 0 Å². The Morgan fingerprint density at radius 3 is 2.33 bits per heavy atom. The molecule has 0 aromatic heterocycles. The van der Waals surface area contributed by atoms with E-state index in [0.29, 0.717) is 19.0 Å². The van der Waals surface area contributed by atoms with Crippen LogP contribution in [0.4, 0.5) is 0 Å². The van der Waals surface area contributed by atoms with Crippen molar-refractivity contribution in [1.29, 1.82) is 0 Å². The largest absolute Gasteiger partial charge is 0.481 e. The van der Waals surface area contributed by atoms with Crippen molar-refractivity contribution in [3.63, 3.8) is 0 Å². The number of hydrogen-bond acceptors (Lipinski definition) is 3. The highest BCUT2D eigenvalue weighted by Gasteiger charge is 2.19. The van der Waals surface area contributed by atoms with Crippen LogP contribution in [0.1, 0.15) is 47.0 Å². The Morgan fingerprint density at radius 2 is 1.89 bits per heavy atom. The zero-order valence-corrected chi connectivity index (χ0v) is 11.9. The standard InChI is InChI=1S/C13H26N2O3/c1-5-15(11(4)9-13(17)18)12(16)7-6-8-14-10(2)3/h10-11,14H,5-9H2,1-4H3,(H,17,18). The second-order valence-corrected chi connectivity index (χ2v) is 4.84. The van der Waals surface area contributed by atoms with E-state index >= 15 is 0 Å². The normalized spacial score (nSPS) is 12.5. The number of hydrogen-bond donors (Lipinski definition) is 2. The summed E-state index contributed by atoms with van der Waals surface area (Å²) in [5.41, 5.74) is 0. The summed E-state index contributed by atoms with van der Waals surface area (Å²) in [6, 6.07) is 0.186. The molecule has 0 heterocycles. The maximum atomic E-state index is 11.9. The van der Waals surface area contributed by atoms with Crippen molar-refractivity contribution in [1.82, 2.24) is 10.2 Å². The molecule has 0 aliphatic heterocycles. The third kappa shape index (κ3) is 7.27. The molecule has 0 radical (unpaired) electrons. The van der Waals surface area contributed by atoms with Crippen molar-refractivity contribution in [2.24, 2.45) is 0 Å². The molecule has 5 nitrogen and oxygen atoms in total. The molecule has 5 heteroatoms. The highest BCUT2D eigenvalue weighted by molar-refractivity contribution is 5.77. The smallest absolute Gasteiger partial charge is 0.305 e. The molecule has 0 aliphatic rings. The summed E-state index contributed by atoms with van der Waals surface area (Å²) in [7, 11) is 0. The number of nitrogens with one attached hydrogen (secondary N) is 1. The Labute approximate surface area is 110 Å². The first-order valence-electron chi connectivity index (χ1n) is 6.63. The average molecular weight is 258 g/mol. The van der Waals surface area contributed by atoms with Gasteiger partial charge in [-0.15, -0.1) is 0 Å². The average Bonchev–Trinajstić information content (AvgIpc) is 2.24. The van der Waals surface area contributed by atoms with Gasteiger partial charge in [0.05, 0.1) is 6.42 Å². The Kier molecular flexibility index (Phi) is 8.37. The number of carbonyl (C=O) groups is 2. The van der Waals surface area contributed by atoms with Gasteiger partial charge in [-0.2, -0.15) is 0 Å². The molecule has 0 fully saturated rings. The lowest BCUT2D eigenvalue weighted by Gasteiger charge is -2.27. The first kappa shape index (κ1) is 16.9. The van der Waals surface area contributed by atoms with Gasteiger partial charge in [0.2, 0.25) is 5.91 Å². The predicted octanol–water partition coefficient (Wildman–Crippen LogP) is 1.48. The molecule has 0 saturated carbocycles. The molecular formula is C13H26N2O3. The third-order valence-corrected chi connectivity index (χ3v) is 2.78. The molecule has 1 amide bonds. The van der Waals surface area contributed by atoms with Gasteiger partial charge < -0.3 is 15.3 Å². The number of nitrogens with zero attached hydrogens (tertiary/aromatic N) is 1. The molecular weight excluding hydrogens is 232 g/mol. The van der Waals surface area contributed by atoms with Crippen LogP contribution < -0.4 is 5.32 Å². The lowest BCUT2D eigenvalue weighted by atomic mass is 10.1. The molecule has 0 rings (SSSR count). The van der Waals surface area contributed by atoms with Gasteiger partial charge in [-0.25, -0.2) is 0 Å². The van der Waals surface area contributed by atoms with Crippen molar-refractivity contribution in [3.8, 4) is 0 Å². The summed E-state index contributed by atoms with van der Waals surface area (Å²) in [5.74, 6) is -0.827. The SMILES string of the molecule is CCN(C(=O)CCCNC(C)C)C(C)CC(=O)O. The molecule has 0 aromatic carbocycles. The Hall–Kier alpha value is -1.10. The molecule has 2 N–H and O–H groups in total. The molecule has 0 bridgehead atoms. The van der Waals surface area contributed by atoms with Gasteiger partial charge in [0.15, 0.2) is 0 Å². The van der Waals surface area contributed by atoms with E-state index in [9.17, 15) is 9.59 Å². The summed E-state index contributed by atoms with van der Waals surface area (Å²) < 4.78 is 0. The molecule has 0 aliphatic carbocycles. The van der Waals surface area contributed by atoms with Gasteiger partial charge in [-0.05, 0) is 26.8 Å². The van der Waals surface area contributed by atoms with E-state index in [1.54, 1.807) is 11.8 Å². The van der Waals surface area contributed by atoms with Crippen LogP contribution in [0.5, 0.6) is 0 Å². The number of rotatable bonds is 9. The van der Waals surface area contributed by atoms with Crippen LogP contribution in [0.3, 0.4) is 0 Å². The summed E-state index contributed by atoms with van der Waals surface area (Å²) in [4.78, 5) is 24.2. The fourth-order valence-corrected chi connectivity index (χ4v) is 1.87. The number of aliphatic carboxylic acids is 1. The highest BCUT2D eigenvalue weighted by Crippen LogP contribution is 2.07. The monoisotopic (exact) mass is 258 g/mol. The Morgan fingerprint density at radius 1 is 1.28 bits per heavy atom. The predicted molar refractivity (Wildman–Crippen MR) is 71.5 cm³/mol. The zero-order valence-electron chi connectivity index (χ0n) is 11.9. The van der Waals surface area contributed by atoms with Gasteiger partial charge in [0, 0.05) is 25.0 Å². The van der Waals surface area contributed by atoms with Crippen LogP contribution in [0.25, 0.3) is 0 Å². The topological polar surface area (TPSA) is 69.6 Å². The molecule has 1 unspecified atom stereocenters. The number of amides is 1. The van der Waals surface area contributed by atoms with Crippen LogP contribution in [-0.4, -0.2) is 47.1 Å². The van der Waals surface area contributed by atoms with Crippen LogP contribution >= 0.6 is 0 Å². The summed E-state index contributed by atoms with van der Waals surface area (Å²) >= 11 is 0. The minimum atomic E-state index is -0.866. The number of carbonyl (C=O) groups excluding carboxylic acids is 1. The van der Waals surface area contributed by atoms with Crippen molar-refractivity contribution in [2.45, 2.75) is 59.0 Å². The maximum Gasteiger partial charge on any atom is 0.305 e. The first-order chi connectivity index (χ1) is 8.38. The maximum absolute atomic E-state index is 11.9. The fourth-order valence-electron chi connectivity index (χ4n) is 1.87. The van der Waals surface area contributed by atoms with E-state index in [1.165, 1.54) is 0 Å². The fraction of sp³-hybridized carbons (Fsp3) is 0.846. The minimum Gasteiger partial charge on any atom is -0.481 e. The van der Waals surface area contributed by atoms with Crippen LogP contribution in [0.15, 0.2) is 0 Å². The van der Waals surface area contributed by atoms with E-state index in [1.807, 2.05) is 6.92 Å². The molecule has 0 aromatic rings. The Balaban J connectivity index is 4.06. The third-order valence-electron chi connectivity index (χ3n) is 2.78. The number of carboxylic acid groups (broad SMARTS) is 1. The first-order valence-corrected chi connectivity index (χ1v) is 6.63. The van der Waals surface area contributed by atoms with Gasteiger partial charge in [0.1, 0.15) is 0 Å². The zero-order chi connectivity index (χ0) is 14.1. The second kappa shape index (κ2) is 8.91. The van der Waals surface area contributed by atoms with E-state index < -0.39 is 5.97 Å². The molecule has 18 heavy (non-hydrogen) atoms. The van der Waals surface area contributed by atoms with Crippen molar-refractivity contribution < 1.29 is 14.7 Å². The summed E-state index contributed by atoms with van der Waals surface area (Å²) in [6.07, 6.45) is 1.26. The number of carboxylic acids is 1. The van der Waals surface area contributed by atoms with Crippen molar-refractivity contribution in [2.75, 3.05) is 13.1 Å². The molecule has 0 saturated heterocycles. The molecule has 0 spiro atoms. The quantitative estimate of drug-likeness (QED) is 0.615. The van der Waals surface area contributed by atoms with Crippen LogP contribution in [0, 0.1) is 0 Å². The lowest BCUT2D eigenvalue weighted by molar-refractivity contribution is -0.140. The summed E-state index contributed by atoms with van der Waals surface area (Å²) in [6.45, 7) is 9.16. The Bertz CT molecular complexity index is 267. The van der Waals surface area contributed by atoms with Crippen LogP contribution in [0.2, 0.25) is 0 Å². The van der Waals surface area contributed by atoms with Gasteiger partial charge in [-0.1, -0.05) is 13.8 Å². The lowest BCUT2D eigenvalue weighted by Crippen LogP contribution is -2.40. The van der Waals surface area contributed by atoms with Crippen molar-refractivity contribution >= 4 is 11.9 Å². The summed E-state index contributed by atoms with van der Waals surface area (Å²) in [5, 5.41) is 12.0. The molecule has 106 valence electrons.